The maximum atomic E-state index is 11.7. The van der Waals surface area contributed by atoms with E-state index in [0.717, 1.165) is 11.1 Å². The fraction of sp³-hybridized carbons (Fsp3) is 0.273. The van der Waals surface area contributed by atoms with Crippen LogP contribution in [0.2, 0.25) is 10.0 Å². The lowest BCUT2D eigenvalue weighted by Crippen LogP contribution is -2.20. The highest BCUT2D eigenvalue weighted by Crippen LogP contribution is 2.37. The standard InChI is InChI=1S/C11H11Cl2N3O/c1-5-3-7(11(13)6(2)10(5)12)16-9(17)4-8(14)15-16/h3H,4H2,1-2H3,(H2,14,15). The summed E-state index contributed by atoms with van der Waals surface area (Å²) in [6.45, 7) is 3.65. The second kappa shape index (κ2) is 4.20. The van der Waals surface area contributed by atoms with E-state index in [2.05, 4.69) is 5.10 Å². The fourth-order valence-corrected chi connectivity index (χ4v) is 2.13. The summed E-state index contributed by atoms with van der Waals surface area (Å²) in [5.74, 6) is 0.0989. The van der Waals surface area contributed by atoms with Crippen molar-refractivity contribution in [1.82, 2.24) is 0 Å². The zero-order valence-electron chi connectivity index (χ0n) is 9.42. The number of amidine groups is 1. The molecule has 90 valence electrons. The number of nitrogens with zero attached hydrogens (tertiary/aromatic N) is 2. The molecule has 0 radical (unpaired) electrons. The van der Waals surface area contributed by atoms with Crippen LogP contribution in [0.15, 0.2) is 11.2 Å². The van der Waals surface area contributed by atoms with Crippen LogP contribution in [-0.2, 0) is 4.79 Å². The van der Waals surface area contributed by atoms with Crippen LogP contribution in [0.1, 0.15) is 17.5 Å². The number of carbonyl (C=O) groups excluding carboxylic acids is 1. The highest BCUT2D eigenvalue weighted by molar-refractivity contribution is 6.38. The summed E-state index contributed by atoms with van der Waals surface area (Å²) in [7, 11) is 0. The molecular formula is C11H11Cl2N3O. The number of hydrazone groups is 1. The molecule has 1 aliphatic rings. The smallest absolute Gasteiger partial charge is 0.255 e. The molecule has 0 spiro atoms. The van der Waals surface area contributed by atoms with E-state index >= 15 is 0 Å². The maximum absolute atomic E-state index is 11.7. The van der Waals surface area contributed by atoms with E-state index in [1.54, 1.807) is 13.0 Å². The Hall–Kier alpha value is -1.26. The minimum absolute atomic E-state index is 0.122. The molecular weight excluding hydrogens is 261 g/mol. The Bertz CT molecular complexity index is 540. The Labute approximate surface area is 109 Å². The molecule has 0 aliphatic carbocycles. The first-order valence-corrected chi connectivity index (χ1v) is 5.78. The van der Waals surface area contributed by atoms with Gasteiger partial charge in [0.15, 0.2) is 0 Å². The minimum atomic E-state index is -0.189. The summed E-state index contributed by atoms with van der Waals surface area (Å²) in [6.07, 6.45) is 0.122. The summed E-state index contributed by atoms with van der Waals surface area (Å²) < 4.78 is 0. The lowest BCUT2D eigenvalue weighted by Gasteiger charge is -2.17. The second-order valence-corrected chi connectivity index (χ2v) is 4.70. The van der Waals surface area contributed by atoms with E-state index < -0.39 is 0 Å². The van der Waals surface area contributed by atoms with Crippen molar-refractivity contribution in [3.05, 3.63) is 27.2 Å². The van der Waals surface area contributed by atoms with Gasteiger partial charge in [-0.15, -0.1) is 0 Å². The van der Waals surface area contributed by atoms with E-state index in [9.17, 15) is 4.79 Å². The van der Waals surface area contributed by atoms with Crippen LogP contribution in [0.3, 0.4) is 0 Å². The number of hydrogen-bond acceptors (Lipinski definition) is 3. The molecule has 2 N–H and O–H groups in total. The predicted molar refractivity (Wildman–Crippen MR) is 69.7 cm³/mol. The SMILES string of the molecule is Cc1cc(N2N=C(N)CC2=O)c(Cl)c(C)c1Cl. The van der Waals surface area contributed by atoms with Crippen molar-refractivity contribution in [3.8, 4) is 0 Å². The van der Waals surface area contributed by atoms with Crippen LogP contribution < -0.4 is 10.7 Å². The number of rotatable bonds is 1. The van der Waals surface area contributed by atoms with Crippen molar-refractivity contribution in [2.24, 2.45) is 10.8 Å². The average molecular weight is 272 g/mol. The van der Waals surface area contributed by atoms with E-state index in [1.165, 1.54) is 5.01 Å². The maximum Gasteiger partial charge on any atom is 0.255 e. The molecule has 1 aromatic rings. The van der Waals surface area contributed by atoms with Gasteiger partial charge in [-0.3, -0.25) is 4.79 Å². The van der Waals surface area contributed by atoms with Gasteiger partial charge in [0.1, 0.15) is 5.84 Å². The van der Waals surface area contributed by atoms with Crippen molar-refractivity contribution in [1.29, 1.82) is 0 Å². The van der Waals surface area contributed by atoms with Crippen molar-refractivity contribution in [2.75, 3.05) is 5.01 Å². The molecule has 0 fully saturated rings. The molecule has 1 heterocycles. The zero-order chi connectivity index (χ0) is 12.7. The Morgan fingerprint density at radius 3 is 2.53 bits per heavy atom. The van der Waals surface area contributed by atoms with Gasteiger partial charge in [0, 0.05) is 5.02 Å². The first-order chi connectivity index (χ1) is 7.91. The second-order valence-electron chi connectivity index (χ2n) is 3.94. The van der Waals surface area contributed by atoms with Gasteiger partial charge in [-0.05, 0) is 31.0 Å². The Balaban J connectivity index is 2.57. The molecule has 1 aliphatic heterocycles. The first-order valence-electron chi connectivity index (χ1n) is 5.03. The highest BCUT2D eigenvalue weighted by Gasteiger charge is 2.26. The van der Waals surface area contributed by atoms with Crippen molar-refractivity contribution >= 4 is 40.6 Å². The third-order valence-corrected chi connectivity index (χ3v) is 3.67. The van der Waals surface area contributed by atoms with Gasteiger partial charge < -0.3 is 5.73 Å². The minimum Gasteiger partial charge on any atom is -0.385 e. The number of amides is 1. The number of hydrogen-bond donors (Lipinski definition) is 1. The molecule has 4 nitrogen and oxygen atoms in total. The molecule has 0 bridgehead atoms. The first kappa shape index (κ1) is 12.2. The topological polar surface area (TPSA) is 58.7 Å². The van der Waals surface area contributed by atoms with Gasteiger partial charge in [-0.1, -0.05) is 23.2 Å². The quantitative estimate of drug-likeness (QED) is 0.854. The van der Waals surface area contributed by atoms with Crippen molar-refractivity contribution < 1.29 is 4.79 Å². The molecule has 0 atom stereocenters. The summed E-state index contributed by atoms with van der Waals surface area (Å²) >= 11 is 12.3. The van der Waals surface area contributed by atoms with Crippen LogP contribution in [0.4, 0.5) is 5.69 Å². The van der Waals surface area contributed by atoms with Gasteiger partial charge in [0.2, 0.25) is 0 Å². The molecule has 17 heavy (non-hydrogen) atoms. The summed E-state index contributed by atoms with van der Waals surface area (Å²) in [5, 5.41) is 6.22. The van der Waals surface area contributed by atoms with Gasteiger partial charge in [0.25, 0.3) is 5.91 Å². The molecule has 1 aromatic carbocycles. The molecule has 6 heteroatoms. The normalized spacial score (nSPS) is 15.4. The van der Waals surface area contributed by atoms with Crippen molar-refractivity contribution in [3.63, 3.8) is 0 Å². The number of aryl methyl sites for hydroxylation is 1. The molecule has 0 unspecified atom stereocenters. The van der Waals surface area contributed by atoms with Crippen LogP contribution in [0, 0.1) is 13.8 Å². The lowest BCUT2D eigenvalue weighted by atomic mass is 10.1. The average Bonchev–Trinajstić information content (AvgIpc) is 2.60. The van der Waals surface area contributed by atoms with Gasteiger partial charge >= 0.3 is 0 Å². The van der Waals surface area contributed by atoms with Crippen LogP contribution in [0.5, 0.6) is 0 Å². The van der Waals surface area contributed by atoms with E-state index in [0.29, 0.717) is 15.7 Å². The van der Waals surface area contributed by atoms with Crippen LogP contribution in [-0.4, -0.2) is 11.7 Å². The number of halogens is 2. The third kappa shape index (κ3) is 1.98. The molecule has 0 saturated heterocycles. The zero-order valence-corrected chi connectivity index (χ0v) is 10.9. The lowest BCUT2D eigenvalue weighted by molar-refractivity contribution is -0.116. The van der Waals surface area contributed by atoms with Gasteiger partial charge in [-0.25, -0.2) is 0 Å². The number of benzene rings is 1. The number of carbonyl (C=O) groups is 1. The summed E-state index contributed by atoms with van der Waals surface area (Å²) in [5.41, 5.74) is 7.63. The Morgan fingerprint density at radius 1 is 1.35 bits per heavy atom. The number of anilines is 1. The molecule has 2 rings (SSSR count). The van der Waals surface area contributed by atoms with E-state index in [4.69, 9.17) is 28.9 Å². The van der Waals surface area contributed by atoms with E-state index in [-0.39, 0.29) is 18.2 Å². The Morgan fingerprint density at radius 2 is 2.00 bits per heavy atom. The summed E-state index contributed by atoms with van der Waals surface area (Å²) in [4.78, 5) is 11.7. The third-order valence-electron chi connectivity index (χ3n) is 2.61. The fourth-order valence-electron chi connectivity index (χ4n) is 1.71. The molecule has 0 saturated carbocycles. The van der Waals surface area contributed by atoms with Crippen molar-refractivity contribution in [2.45, 2.75) is 20.3 Å². The predicted octanol–water partition coefficient (Wildman–Crippen LogP) is 2.62. The molecule has 1 amide bonds. The van der Waals surface area contributed by atoms with Gasteiger partial charge in [0.05, 0.1) is 17.1 Å². The highest BCUT2D eigenvalue weighted by atomic mass is 35.5. The molecule has 0 aromatic heterocycles. The van der Waals surface area contributed by atoms with Crippen LogP contribution >= 0.6 is 23.2 Å². The Kier molecular flexibility index (Phi) is 3.02. The summed E-state index contributed by atoms with van der Waals surface area (Å²) in [6, 6.07) is 1.73. The number of nitrogens with two attached hydrogens (primary N) is 1. The van der Waals surface area contributed by atoms with Crippen LogP contribution in [0.25, 0.3) is 0 Å². The largest absolute Gasteiger partial charge is 0.385 e. The monoisotopic (exact) mass is 271 g/mol. The van der Waals surface area contributed by atoms with Gasteiger partial charge in [-0.2, -0.15) is 10.1 Å². The van der Waals surface area contributed by atoms with E-state index in [1.807, 2.05) is 6.92 Å².